The van der Waals surface area contributed by atoms with Gasteiger partial charge in [-0.1, -0.05) is 37.7 Å². The van der Waals surface area contributed by atoms with E-state index in [0.717, 1.165) is 17.0 Å². The van der Waals surface area contributed by atoms with Crippen molar-refractivity contribution >= 4 is 34.5 Å². The molecule has 0 aliphatic rings. The molecule has 0 saturated heterocycles. The zero-order valence-electron chi connectivity index (χ0n) is 9.77. The fourth-order valence-electron chi connectivity index (χ4n) is 1.89. The molecule has 0 aliphatic carbocycles. The number of nitrogens with zero attached hydrogens (tertiary/aromatic N) is 2. The molecule has 0 fully saturated rings. The molecule has 2 aromatic heterocycles. The monoisotopic (exact) mass is 267 g/mol. The summed E-state index contributed by atoms with van der Waals surface area (Å²) in [6, 6.07) is 3.68. The number of hydrogen-bond acceptors (Lipinski definition) is 2. The Labute approximate surface area is 111 Å². The van der Waals surface area contributed by atoms with Gasteiger partial charge in [0.2, 0.25) is 0 Å². The van der Waals surface area contributed by atoms with Crippen molar-refractivity contribution in [2.75, 3.05) is 0 Å². The molecule has 0 aliphatic heterocycles. The van der Waals surface area contributed by atoms with Crippen molar-refractivity contribution in [1.82, 2.24) is 9.38 Å². The van der Waals surface area contributed by atoms with E-state index in [1.165, 1.54) is 0 Å². The number of nitrogens with two attached hydrogens (primary N) is 1. The van der Waals surface area contributed by atoms with Gasteiger partial charge in [0, 0.05) is 23.7 Å². The van der Waals surface area contributed by atoms with E-state index in [0.29, 0.717) is 22.3 Å². The summed E-state index contributed by atoms with van der Waals surface area (Å²) < 4.78 is 2.00. The average molecular weight is 268 g/mol. The van der Waals surface area contributed by atoms with Crippen LogP contribution in [0.2, 0.25) is 5.02 Å². The van der Waals surface area contributed by atoms with Gasteiger partial charge in [0.15, 0.2) is 0 Å². The molecule has 17 heavy (non-hydrogen) atoms. The molecular formula is C12H14ClN3S. The fraction of sp³-hybridized carbons (Fsp3) is 0.333. The summed E-state index contributed by atoms with van der Waals surface area (Å²) in [7, 11) is 0. The normalized spacial score (nSPS) is 11.3. The quantitative estimate of drug-likeness (QED) is 0.870. The van der Waals surface area contributed by atoms with Crippen LogP contribution in [0.3, 0.4) is 0 Å². The number of imidazole rings is 1. The molecule has 5 heteroatoms. The number of aromatic nitrogens is 2. The van der Waals surface area contributed by atoms with E-state index in [2.05, 4.69) is 18.8 Å². The smallest absolute Gasteiger partial charge is 0.138 e. The average Bonchev–Trinajstić information content (AvgIpc) is 2.55. The summed E-state index contributed by atoms with van der Waals surface area (Å²) in [6.45, 7) is 4.21. The minimum absolute atomic E-state index is 0.332. The van der Waals surface area contributed by atoms with Crippen molar-refractivity contribution in [3.8, 4) is 0 Å². The molecule has 0 saturated carbocycles. The van der Waals surface area contributed by atoms with Crippen LogP contribution in [0, 0.1) is 0 Å². The van der Waals surface area contributed by atoms with Gasteiger partial charge in [-0.05, 0) is 12.0 Å². The summed E-state index contributed by atoms with van der Waals surface area (Å²) >= 11 is 11.0. The van der Waals surface area contributed by atoms with Crippen molar-refractivity contribution < 1.29 is 0 Å². The predicted molar refractivity (Wildman–Crippen MR) is 74.8 cm³/mol. The van der Waals surface area contributed by atoms with E-state index in [4.69, 9.17) is 29.6 Å². The van der Waals surface area contributed by atoms with Crippen LogP contribution in [0.5, 0.6) is 0 Å². The van der Waals surface area contributed by atoms with Gasteiger partial charge in [0.05, 0.1) is 16.4 Å². The van der Waals surface area contributed by atoms with Crippen molar-refractivity contribution in [2.24, 2.45) is 5.73 Å². The second-order valence-corrected chi connectivity index (χ2v) is 5.28. The lowest BCUT2D eigenvalue weighted by molar-refractivity contribution is 0.816. The highest BCUT2D eigenvalue weighted by Crippen LogP contribution is 2.23. The molecule has 0 aromatic carbocycles. The van der Waals surface area contributed by atoms with Crippen LogP contribution in [0.25, 0.3) is 5.65 Å². The van der Waals surface area contributed by atoms with Crippen LogP contribution < -0.4 is 5.73 Å². The van der Waals surface area contributed by atoms with E-state index >= 15 is 0 Å². The summed E-state index contributed by atoms with van der Waals surface area (Å²) in [5.74, 6) is 0.332. The second-order valence-electron chi connectivity index (χ2n) is 4.31. The van der Waals surface area contributed by atoms with E-state index in [1.54, 1.807) is 0 Å². The Morgan fingerprint density at radius 2 is 2.29 bits per heavy atom. The number of pyridine rings is 1. The Hall–Kier alpha value is -1.13. The fourth-order valence-corrected chi connectivity index (χ4v) is 2.18. The van der Waals surface area contributed by atoms with Crippen LogP contribution in [0.4, 0.5) is 0 Å². The SMILES string of the molecule is CC(C)c1nc2cc(Cl)ccn2c1CC(N)=S. The first kappa shape index (κ1) is 12.3. The first-order chi connectivity index (χ1) is 7.99. The van der Waals surface area contributed by atoms with Crippen LogP contribution >= 0.6 is 23.8 Å². The molecule has 0 atom stereocenters. The zero-order chi connectivity index (χ0) is 12.6. The minimum Gasteiger partial charge on any atom is -0.393 e. The molecule has 2 aromatic rings. The van der Waals surface area contributed by atoms with Crippen LogP contribution in [0.15, 0.2) is 18.3 Å². The van der Waals surface area contributed by atoms with E-state index < -0.39 is 0 Å². The Morgan fingerprint density at radius 3 is 2.88 bits per heavy atom. The first-order valence-corrected chi connectivity index (χ1v) is 6.22. The zero-order valence-corrected chi connectivity index (χ0v) is 11.3. The third-order valence-electron chi connectivity index (χ3n) is 2.61. The lowest BCUT2D eigenvalue weighted by Gasteiger charge is -2.06. The molecular weight excluding hydrogens is 254 g/mol. The van der Waals surface area contributed by atoms with Crippen molar-refractivity contribution in [2.45, 2.75) is 26.2 Å². The highest BCUT2D eigenvalue weighted by molar-refractivity contribution is 7.80. The Balaban J connectivity index is 2.66. The number of thiocarbonyl (C=S) groups is 1. The van der Waals surface area contributed by atoms with Gasteiger partial charge in [0.1, 0.15) is 5.65 Å². The van der Waals surface area contributed by atoms with Gasteiger partial charge in [-0.25, -0.2) is 4.98 Å². The van der Waals surface area contributed by atoms with Crippen molar-refractivity contribution in [1.29, 1.82) is 0 Å². The topological polar surface area (TPSA) is 43.3 Å². The molecule has 0 spiro atoms. The molecule has 0 radical (unpaired) electrons. The number of hydrogen-bond donors (Lipinski definition) is 1. The third kappa shape index (κ3) is 2.42. The van der Waals surface area contributed by atoms with Crippen LogP contribution in [-0.4, -0.2) is 14.4 Å². The Kier molecular flexibility index (Phi) is 3.35. The maximum Gasteiger partial charge on any atom is 0.138 e. The molecule has 90 valence electrons. The molecule has 0 amide bonds. The van der Waals surface area contributed by atoms with Gasteiger partial charge in [-0.3, -0.25) is 0 Å². The molecule has 0 unspecified atom stereocenters. The third-order valence-corrected chi connectivity index (χ3v) is 2.99. The molecule has 3 nitrogen and oxygen atoms in total. The lowest BCUT2D eigenvalue weighted by Crippen LogP contribution is -2.14. The van der Waals surface area contributed by atoms with Crippen molar-refractivity contribution in [3.05, 3.63) is 34.7 Å². The standard InChI is InChI=1S/C12H14ClN3S/c1-7(2)12-9(6-10(14)17)16-4-3-8(13)5-11(16)15-12/h3-5,7H,6H2,1-2H3,(H2,14,17). The second kappa shape index (κ2) is 4.63. The number of fused-ring (bicyclic) bond motifs is 1. The largest absolute Gasteiger partial charge is 0.393 e. The molecule has 2 heterocycles. The maximum atomic E-state index is 5.96. The number of halogens is 1. The highest BCUT2D eigenvalue weighted by Gasteiger charge is 2.15. The van der Waals surface area contributed by atoms with E-state index in [1.807, 2.05) is 22.7 Å². The van der Waals surface area contributed by atoms with E-state index in [-0.39, 0.29) is 0 Å². The van der Waals surface area contributed by atoms with Crippen LogP contribution in [0.1, 0.15) is 31.2 Å². The van der Waals surface area contributed by atoms with E-state index in [9.17, 15) is 0 Å². The molecule has 2 N–H and O–H groups in total. The van der Waals surface area contributed by atoms with Crippen molar-refractivity contribution in [3.63, 3.8) is 0 Å². The van der Waals surface area contributed by atoms with Gasteiger partial charge in [-0.2, -0.15) is 0 Å². The molecule has 2 rings (SSSR count). The van der Waals surface area contributed by atoms with Crippen LogP contribution in [-0.2, 0) is 6.42 Å². The Bertz CT molecular complexity index is 574. The highest BCUT2D eigenvalue weighted by atomic mass is 35.5. The maximum absolute atomic E-state index is 5.96. The summed E-state index contributed by atoms with van der Waals surface area (Å²) in [4.78, 5) is 5.07. The number of rotatable bonds is 3. The Morgan fingerprint density at radius 1 is 1.59 bits per heavy atom. The molecule has 0 bridgehead atoms. The van der Waals surface area contributed by atoms with Gasteiger partial charge in [-0.15, -0.1) is 0 Å². The first-order valence-electron chi connectivity index (χ1n) is 5.43. The van der Waals surface area contributed by atoms with Gasteiger partial charge in [0.25, 0.3) is 0 Å². The van der Waals surface area contributed by atoms with Gasteiger partial charge >= 0.3 is 0 Å². The summed E-state index contributed by atoms with van der Waals surface area (Å²) in [5, 5.41) is 0.680. The summed E-state index contributed by atoms with van der Waals surface area (Å²) in [5.41, 5.74) is 8.56. The summed E-state index contributed by atoms with van der Waals surface area (Å²) in [6.07, 6.45) is 2.47. The predicted octanol–water partition coefficient (Wildman–Crippen LogP) is 2.94. The van der Waals surface area contributed by atoms with Gasteiger partial charge < -0.3 is 10.1 Å². The minimum atomic E-state index is 0.332. The lowest BCUT2D eigenvalue weighted by atomic mass is 10.1.